The number of piperidine rings is 1. The number of H-pyrrole nitrogens is 1. The van der Waals surface area contributed by atoms with Gasteiger partial charge in [-0.15, -0.1) is 0 Å². The molecule has 0 aliphatic carbocycles. The second-order valence-corrected chi connectivity index (χ2v) is 6.51. The van der Waals surface area contributed by atoms with E-state index in [1.54, 1.807) is 17.2 Å². The van der Waals surface area contributed by atoms with E-state index in [0.717, 1.165) is 18.5 Å². The number of nitrogens with one attached hydrogen (secondary N) is 2. The van der Waals surface area contributed by atoms with Crippen molar-refractivity contribution >= 4 is 23.5 Å². The van der Waals surface area contributed by atoms with Gasteiger partial charge in [0.15, 0.2) is 0 Å². The number of urea groups is 1. The monoisotopic (exact) mass is 355 g/mol. The molecule has 0 radical (unpaired) electrons. The topological polar surface area (TPSA) is 90.6 Å². The van der Waals surface area contributed by atoms with Crippen molar-refractivity contribution in [3.8, 4) is 0 Å². The second kappa shape index (κ2) is 7.07. The number of aromatic amines is 1. The first-order chi connectivity index (χ1) is 12.7. The van der Waals surface area contributed by atoms with E-state index in [4.69, 9.17) is 4.74 Å². The number of anilines is 2. The van der Waals surface area contributed by atoms with E-state index >= 15 is 0 Å². The van der Waals surface area contributed by atoms with Gasteiger partial charge >= 0.3 is 12.1 Å². The van der Waals surface area contributed by atoms with Crippen molar-refractivity contribution in [1.82, 2.24) is 15.1 Å². The Labute approximate surface area is 151 Å². The van der Waals surface area contributed by atoms with Gasteiger partial charge in [-0.25, -0.2) is 9.59 Å². The van der Waals surface area contributed by atoms with E-state index in [0.29, 0.717) is 37.6 Å². The van der Waals surface area contributed by atoms with E-state index in [1.807, 2.05) is 29.2 Å². The molecule has 26 heavy (non-hydrogen) atoms. The van der Waals surface area contributed by atoms with Gasteiger partial charge in [0.2, 0.25) is 0 Å². The number of carbonyl (C=O) groups excluding carboxylic acids is 2. The molecule has 2 fully saturated rings. The maximum atomic E-state index is 12.8. The van der Waals surface area contributed by atoms with Crippen molar-refractivity contribution in [2.45, 2.75) is 18.8 Å². The predicted octanol–water partition coefficient (Wildman–Crippen LogP) is 2.78. The minimum atomic E-state index is -0.385. The average Bonchev–Trinajstić information content (AvgIpc) is 3.34. The summed E-state index contributed by atoms with van der Waals surface area (Å²) in [5, 5.41) is 9.96. The Kier molecular flexibility index (Phi) is 4.47. The molecule has 2 aromatic rings. The lowest BCUT2D eigenvalue weighted by Crippen LogP contribution is -2.42. The molecular weight excluding hydrogens is 334 g/mol. The summed E-state index contributed by atoms with van der Waals surface area (Å²) in [6.45, 7) is 2.20. The van der Waals surface area contributed by atoms with Crippen LogP contribution in [0.15, 0.2) is 36.5 Å². The number of para-hydroxylation sites is 2. The minimum Gasteiger partial charge on any atom is -0.447 e. The Morgan fingerprint density at radius 3 is 2.92 bits per heavy atom. The van der Waals surface area contributed by atoms with E-state index in [2.05, 4.69) is 15.5 Å². The Bertz CT molecular complexity index is 792. The summed E-state index contributed by atoms with van der Waals surface area (Å²) < 4.78 is 5.01. The first-order valence-electron chi connectivity index (χ1n) is 8.81. The quantitative estimate of drug-likeness (QED) is 0.886. The fourth-order valence-corrected chi connectivity index (χ4v) is 3.53. The molecule has 2 N–H and O–H groups in total. The summed E-state index contributed by atoms with van der Waals surface area (Å²) in [5.41, 5.74) is 2.33. The summed E-state index contributed by atoms with van der Waals surface area (Å²) in [6, 6.07) is 9.09. The third kappa shape index (κ3) is 3.22. The molecule has 1 atom stereocenters. The third-order valence-corrected chi connectivity index (χ3v) is 4.87. The van der Waals surface area contributed by atoms with Gasteiger partial charge in [0.1, 0.15) is 6.61 Å². The van der Waals surface area contributed by atoms with Gasteiger partial charge in [-0.05, 0) is 31.0 Å². The average molecular weight is 355 g/mol. The van der Waals surface area contributed by atoms with Crippen LogP contribution in [-0.4, -0.2) is 53.5 Å². The zero-order valence-electron chi connectivity index (χ0n) is 14.4. The van der Waals surface area contributed by atoms with Gasteiger partial charge in [-0.3, -0.25) is 10.00 Å². The van der Waals surface area contributed by atoms with Crippen molar-refractivity contribution < 1.29 is 14.3 Å². The van der Waals surface area contributed by atoms with Crippen LogP contribution in [0.25, 0.3) is 0 Å². The van der Waals surface area contributed by atoms with Crippen LogP contribution in [0.4, 0.5) is 21.0 Å². The van der Waals surface area contributed by atoms with Gasteiger partial charge < -0.3 is 15.0 Å². The number of hydrogen-bond donors (Lipinski definition) is 2. The number of rotatable bonds is 3. The van der Waals surface area contributed by atoms with Gasteiger partial charge in [0, 0.05) is 30.9 Å². The molecule has 2 aliphatic rings. The Balaban J connectivity index is 1.47. The lowest BCUT2D eigenvalue weighted by molar-refractivity contribution is 0.181. The fraction of sp³-hybridized carbons (Fsp3) is 0.389. The predicted molar refractivity (Wildman–Crippen MR) is 96.3 cm³/mol. The molecule has 0 spiro atoms. The molecular formula is C18H21N5O3. The number of hydrogen-bond acceptors (Lipinski definition) is 4. The smallest absolute Gasteiger partial charge is 0.414 e. The lowest BCUT2D eigenvalue weighted by Gasteiger charge is -2.32. The number of nitrogens with zero attached hydrogens (tertiary/aromatic N) is 3. The van der Waals surface area contributed by atoms with Crippen molar-refractivity contribution in [2.75, 3.05) is 36.5 Å². The van der Waals surface area contributed by atoms with E-state index in [1.165, 1.54) is 0 Å². The molecule has 1 aromatic heterocycles. The van der Waals surface area contributed by atoms with Gasteiger partial charge in [-0.1, -0.05) is 12.1 Å². The molecule has 3 heterocycles. The highest BCUT2D eigenvalue weighted by molar-refractivity contribution is 5.99. The summed E-state index contributed by atoms with van der Waals surface area (Å²) >= 11 is 0. The number of amides is 3. The van der Waals surface area contributed by atoms with Crippen molar-refractivity contribution in [3.63, 3.8) is 0 Å². The first kappa shape index (κ1) is 16.4. The second-order valence-electron chi connectivity index (χ2n) is 6.51. The molecule has 136 valence electrons. The largest absolute Gasteiger partial charge is 0.447 e. The maximum Gasteiger partial charge on any atom is 0.414 e. The van der Waals surface area contributed by atoms with Gasteiger partial charge in [0.25, 0.3) is 0 Å². The SMILES string of the molecule is O=C(Nc1ccccc1N1CCOC1=O)N1CCC[C@H](c2ccn[nH]2)C1. The molecule has 2 aliphatic heterocycles. The highest BCUT2D eigenvalue weighted by Crippen LogP contribution is 2.30. The summed E-state index contributed by atoms with van der Waals surface area (Å²) in [4.78, 5) is 28.0. The van der Waals surface area contributed by atoms with Crippen LogP contribution in [0.3, 0.4) is 0 Å². The molecule has 1 aromatic carbocycles. The number of ether oxygens (including phenoxy) is 1. The first-order valence-corrected chi connectivity index (χ1v) is 8.81. The molecule has 2 saturated heterocycles. The molecule has 0 saturated carbocycles. The van der Waals surface area contributed by atoms with Crippen LogP contribution in [0.2, 0.25) is 0 Å². The summed E-state index contributed by atoms with van der Waals surface area (Å²) in [6.07, 6.45) is 3.32. The third-order valence-electron chi connectivity index (χ3n) is 4.87. The zero-order valence-corrected chi connectivity index (χ0v) is 14.4. The molecule has 0 bridgehead atoms. The van der Waals surface area contributed by atoms with Crippen LogP contribution in [0.5, 0.6) is 0 Å². The minimum absolute atomic E-state index is 0.158. The van der Waals surface area contributed by atoms with Crippen molar-refractivity contribution in [1.29, 1.82) is 0 Å². The Morgan fingerprint density at radius 2 is 2.15 bits per heavy atom. The molecule has 4 rings (SSSR count). The highest BCUT2D eigenvalue weighted by atomic mass is 16.6. The summed E-state index contributed by atoms with van der Waals surface area (Å²) in [5.74, 6) is 0.265. The van der Waals surface area contributed by atoms with E-state index < -0.39 is 0 Å². The Hall–Kier alpha value is -3.03. The van der Waals surface area contributed by atoms with E-state index in [9.17, 15) is 9.59 Å². The van der Waals surface area contributed by atoms with Crippen LogP contribution in [0.1, 0.15) is 24.5 Å². The Morgan fingerprint density at radius 1 is 1.27 bits per heavy atom. The van der Waals surface area contributed by atoms with Crippen molar-refractivity contribution in [2.24, 2.45) is 0 Å². The number of benzene rings is 1. The van der Waals surface area contributed by atoms with Crippen molar-refractivity contribution in [3.05, 3.63) is 42.2 Å². The number of likely N-dealkylation sites (tertiary alicyclic amines) is 1. The van der Waals surface area contributed by atoms with Crippen LogP contribution in [0, 0.1) is 0 Å². The number of carbonyl (C=O) groups is 2. The molecule has 8 heteroatoms. The number of cyclic esters (lactones) is 1. The van der Waals surface area contributed by atoms with Crippen LogP contribution >= 0.6 is 0 Å². The standard InChI is InChI=1S/C18H21N5O3/c24-17(22-9-3-4-13(12-22)14-7-8-19-21-14)20-15-5-1-2-6-16(15)23-10-11-26-18(23)25/h1-2,5-8,13H,3-4,9-12H2,(H,19,21)(H,20,24)/t13-/m0/s1. The summed E-state index contributed by atoms with van der Waals surface area (Å²) in [7, 11) is 0. The number of aromatic nitrogens is 2. The fourth-order valence-electron chi connectivity index (χ4n) is 3.53. The molecule has 0 unspecified atom stereocenters. The zero-order chi connectivity index (χ0) is 17.9. The normalized spacial score (nSPS) is 20.2. The van der Waals surface area contributed by atoms with Gasteiger partial charge in [0.05, 0.1) is 17.9 Å². The maximum absolute atomic E-state index is 12.8. The van der Waals surface area contributed by atoms with E-state index in [-0.39, 0.29) is 18.0 Å². The lowest BCUT2D eigenvalue weighted by atomic mass is 9.95. The van der Waals surface area contributed by atoms with Gasteiger partial charge in [-0.2, -0.15) is 5.10 Å². The highest BCUT2D eigenvalue weighted by Gasteiger charge is 2.28. The van der Waals surface area contributed by atoms with Crippen LogP contribution in [-0.2, 0) is 4.74 Å². The van der Waals surface area contributed by atoms with Crippen LogP contribution < -0.4 is 10.2 Å². The molecule has 3 amide bonds. The molecule has 8 nitrogen and oxygen atoms in total.